The maximum atomic E-state index is 13.7. The fraction of sp³-hybridized carbons (Fsp3) is 0.222. The maximum Gasteiger partial charge on any atom is 0.271 e. The van der Waals surface area contributed by atoms with Crippen LogP contribution in [-0.4, -0.2) is 22.8 Å². The summed E-state index contributed by atoms with van der Waals surface area (Å²) in [5.74, 6) is -0.493. The van der Waals surface area contributed by atoms with Gasteiger partial charge in [0.05, 0.1) is 6.21 Å². The van der Waals surface area contributed by atoms with Crippen molar-refractivity contribution in [1.29, 1.82) is 0 Å². The molecule has 0 saturated carbocycles. The number of nitrogens with zero attached hydrogens (tertiary/aromatic N) is 1. The number of hydrazone groups is 1. The smallest absolute Gasteiger partial charge is 0.271 e. The Bertz CT molecular complexity index is 788. The summed E-state index contributed by atoms with van der Waals surface area (Å²) in [6, 6.07) is 11.6. The molecule has 0 heterocycles. The van der Waals surface area contributed by atoms with Gasteiger partial charge in [-0.2, -0.15) is 5.10 Å². The molecule has 2 aromatic rings. The van der Waals surface area contributed by atoms with Crippen molar-refractivity contribution in [2.75, 3.05) is 0 Å². The number of nitrogens with one attached hydrogen (secondary N) is 1. The van der Waals surface area contributed by atoms with Gasteiger partial charge in [0.1, 0.15) is 23.8 Å². The first-order valence-electron chi connectivity index (χ1n) is 7.49. The molecular weight excluding hydrogens is 391 g/mol. The zero-order valence-electron chi connectivity index (χ0n) is 13.8. The van der Waals surface area contributed by atoms with Crippen LogP contribution in [0.25, 0.3) is 0 Å². The van der Waals surface area contributed by atoms with Crippen molar-refractivity contribution < 1.29 is 19.0 Å². The lowest BCUT2D eigenvalue weighted by Crippen LogP contribution is -2.39. The first-order valence-corrected chi connectivity index (χ1v) is 8.28. The van der Waals surface area contributed by atoms with Crippen LogP contribution in [0.4, 0.5) is 4.39 Å². The molecule has 0 unspecified atom stereocenters. The molecule has 1 amide bonds. The predicted molar refractivity (Wildman–Crippen MR) is 96.9 cm³/mol. The summed E-state index contributed by atoms with van der Waals surface area (Å²) in [5.41, 5.74) is 1.74. The van der Waals surface area contributed by atoms with Crippen LogP contribution in [-0.2, 0) is 11.4 Å². The van der Waals surface area contributed by atoms with E-state index in [1.807, 2.05) is 0 Å². The Balaban J connectivity index is 2.12. The van der Waals surface area contributed by atoms with E-state index >= 15 is 0 Å². The van der Waals surface area contributed by atoms with E-state index in [0.717, 1.165) is 4.47 Å². The number of ether oxygens (including phenoxy) is 1. The largest absolute Gasteiger partial charge is 0.488 e. The summed E-state index contributed by atoms with van der Waals surface area (Å²) in [7, 11) is 0. The van der Waals surface area contributed by atoms with Crippen LogP contribution in [0.1, 0.15) is 25.0 Å². The normalized spacial score (nSPS) is 11.6. The Kier molecular flexibility index (Phi) is 6.27. The molecule has 132 valence electrons. The minimum absolute atomic E-state index is 0.0607. The first kappa shape index (κ1) is 19.1. The van der Waals surface area contributed by atoms with Crippen molar-refractivity contribution in [2.24, 2.45) is 5.10 Å². The first-order chi connectivity index (χ1) is 11.8. The predicted octanol–water partition coefficient (Wildman–Crippen LogP) is 3.39. The van der Waals surface area contributed by atoms with Crippen LogP contribution < -0.4 is 10.2 Å². The van der Waals surface area contributed by atoms with Crippen molar-refractivity contribution in [3.8, 4) is 5.75 Å². The van der Waals surface area contributed by atoms with E-state index in [2.05, 4.69) is 26.5 Å². The highest BCUT2D eigenvalue weighted by Gasteiger charge is 2.22. The lowest BCUT2D eigenvalue weighted by atomic mass is 10.1. The van der Waals surface area contributed by atoms with Crippen molar-refractivity contribution in [2.45, 2.75) is 26.1 Å². The van der Waals surface area contributed by atoms with Gasteiger partial charge in [-0.3, -0.25) is 4.79 Å². The van der Waals surface area contributed by atoms with E-state index in [9.17, 15) is 14.3 Å². The van der Waals surface area contributed by atoms with Gasteiger partial charge in [-0.05, 0) is 38.1 Å². The minimum Gasteiger partial charge on any atom is -0.488 e. The Morgan fingerprint density at radius 2 is 2.08 bits per heavy atom. The highest BCUT2D eigenvalue weighted by Crippen LogP contribution is 2.23. The molecule has 2 rings (SSSR count). The number of aliphatic hydroxyl groups is 1. The highest BCUT2D eigenvalue weighted by atomic mass is 79.9. The van der Waals surface area contributed by atoms with E-state index < -0.39 is 11.5 Å². The molecule has 0 aliphatic carbocycles. The second-order valence-electron chi connectivity index (χ2n) is 5.82. The summed E-state index contributed by atoms with van der Waals surface area (Å²) < 4.78 is 20.1. The van der Waals surface area contributed by atoms with E-state index in [-0.39, 0.29) is 12.4 Å². The van der Waals surface area contributed by atoms with Crippen LogP contribution in [0.5, 0.6) is 5.75 Å². The van der Waals surface area contributed by atoms with E-state index in [0.29, 0.717) is 16.9 Å². The fourth-order valence-corrected chi connectivity index (χ4v) is 2.20. The lowest BCUT2D eigenvalue weighted by Gasteiger charge is -2.14. The van der Waals surface area contributed by atoms with Crippen LogP contribution in [0.3, 0.4) is 0 Å². The molecule has 0 fully saturated rings. The molecule has 0 bridgehead atoms. The highest BCUT2D eigenvalue weighted by molar-refractivity contribution is 9.10. The summed E-state index contributed by atoms with van der Waals surface area (Å²) >= 11 is 3.35. The Morgan fingerprint density at radius 1 is 1.36 bits per heavy atom. The number of benzene rings is 2. The molecule has 0 radical (unpaired) electrons. The van der Waals surface area contributed by atoms with Gasteiger partial charge in [0, 0.05) is 15.6 Å². The average Bonchev–Trinajstić information content (AvgIpc) is 2.54. The van der Waals surface area contributed by atoms with E-state index in [4.69, 9.17) is 4.74 Å². The second-order valence-corrected chi connectivity index (χ2v) is 6.74. The molecule has 0 spiro atoms. The third kappa shape index (κ3) is 5.65. The fourth-order valence-electron chi connectivity index (χ4n) is 1.82. The monoisotopic (exact) mass is 408 g/mol. The van der Waals surface area contributed by atoms with Crippen LogP contribution in [0.2, 0.25) is 0 Å². The molecule has 5 nitrogen and oxygen atoms in total. The topological polar surface area (TPSA) is 70.9 Å². The van der Waals surface area contributed by atoms with Gasteiger partial charge in [0.15, 0.2) is 0 Å². The summed E-state index contributed by atoms with van der Waals surface area (Å²) in [6.45, 7) is 2.78. The van der Waals surface area contributed by atoms with Crippen molar-refractivity contribution in [1.82, 2.24) is 5.43 Å². The van der Waals surface area contributed by atoms with Crippen LogP contribution >= 0.6 is 15.9 Å². The van der Waals surface area contributed by atoms with E-state index in [1.54, 1.807) is 36.4 Å². The van der Waals surface area contributed by atoms with Gasteiger partial charge in [0.25, 0.3) is 5.91 Å². The van der Waals surface area contributed by atoms with Crippen LogP contribution in [0, 0.1) is 5.82 Å². The number of hydrogen-bond donors (Lipinski definition) is 2. The zero-order chi connectivity index (χ0) is 18.4. The average molecular weight is 409 g/mol. The molecule has 7 heteroatoms. The van der Waals surface area contributed by atoms with Gasteiger partial charge in [-0.25, -0.2) is 9.82 Å². The van der Waals surface area contributed by atoms with Gasteiger partial charge in [-0.1, -0.05) is 34.1 Å². The van der Waals surface area contributed by atoms with E-state index in [1.165, 1.54) is 26.1 Å². The molecule has 2 N–H and O–H groups in total. The third-order valence-corrected chi connectivity index (χ3v) is 3.73. The van der Waals surface area contributed by atoms with Crippen molar-refractivity contribution in [3.05, 3.63) is 63.9 Å². The Hall–Kier alpha value is -2.25. The number of halogens is 2. The van der Waals surface area contributed by atoms with Crippen LogP contribution in [0.15, 0.2) is 52.0 Å². The molecule has 0 aliphatic heterocycles. The molecule has 25 heavy (non-hydrogen) atoms. The quantitative estimate of drug-likeness (QED) is 0.568. The molecule has 2 aromatic carbocycles. The molecule has 0 aromatic heterocycles. The summed E-state index contributed by atoms with van der Waals surface area (Å²) in [6.07, 6.45) is 1.39. The second kappa shape index (κ2) is 8.22. The lowest BCUT2D eigenvalue weighted by molar-refractivity contribution is -0.136. The van der Waals surface area contributed by atoms with Gasteiger partial charge < -0.3 is 9.84 Å². The third-order valence-electron chi connectivity index (χ3n) is 3.24. The summed E-state index contributed by atoms with van der Waals surface area (Å²) in [4.78, 5) is 11.6. The number of carbonyl (C=O) groups excluding carboxylic acids is 1. The van der Waals surface area contributed by atoms with Crippen molar-refractivity contribution >= 4 is 28.1 Å². The molecule has 0 aliphatic rings. The number of carbonyl (C=O) groups is 1. The number of amides is 1. The van der Waals surface area contributed by atoms with Crippen molar-refractivity contribution in [3.63, 3.8) is 0 Å². The Labute approximate surface area is 153 Å². The minimum atomic E-state index is -1.53. The van der Waals surface area contributed by atoms with Gasteiger partial charge in [0.2, 0.25) is 0 Å². The zero-order valence-corrected chi connectivity index (χ0v) is 15.4. The molecule has 0 atom stereocenters. The van der Waals surface area contributed by atoms with Gasteiger partial charge in [-0.15, -0.1) is 0 Å². The number of hydrogen-bond acceptors (Lipinski definition) is 4. The Morgan fingerprint density at radius 3 is 2.76 bits per heavy atom. The SMILES string of the molecule is CC(C)(O)C(=O)N/N=C/c1cc(Br)ccc1OCc1ccccc1F. The number of rotatable bonds is 6. The molecule has 0 saturated heterocycles. The standard InChI is InChI=1S/C18H18BrFN2O3/c1-18(2,24)17(23)22-21-10-13-9-14(19)7-8-16(13)25-11-12-5-3-4-6-15(12)20/h3-10,24H,11H2,1-2H3,(H,22,23)/b21-10+. The summed E-state index contributed by atoms with van der Waals surface area (Å²) in [5, 5.41) is 13.4. The van der Waals surface area contributed by atoms with Gasteiger partial charge >= 0.3 is 0 Å². The maximum absolute atomic E-state index is 13.7. The molecular formula is C18H18BrFN2O3.